The molecule has 138 valence electrons. The lowest BCUT2D eigenvalue weighted by molar-refractivity contribution is -0.131. The minimum atomic E-state index is -1.36. The number of rotatable bonds is 12. The third kappa shape index (κ3) is 7.65. The highest BCUT2D eigenvalue weighted by molar-refractivity contribution is 8.00. The summed E-state index contributed by atoms with van der Waals surface area (Å²) >= 11 is 6.07. The van der Waals surface area contributed by atoms with Gasteiger partial charge in [-0.2, -0.15) is 24.4 Å². The first-order valence-corrected chi connectivity index (χ1v) is 9.82. The van der Waals surface area contributed by atoms with Crippen molar-refractivity contribution in [2.75, 3.05) is 31.3 Å². The highest BCUT2D eigenvalue weighted by Crippen LogP contribution is 2.28. The zero-order valence-electron chi connectivity index (χ0n) is 14.7. The molecule has 0 rings (SSSR count). The lowest BCUT2D eigenvalue weighted by Gasteiger charge is -2.33. The van der Waals surface area contributed by atoms with Gasteiger partial charge in [0, 0.05) is 16.9 Å². The lowest BCUT2D eigenvalue weighted by atomic mass is 9.84. The van der Waals surface area contributed by atoms with Crippen LogP contribution >= 0.6 is 24.4 Å². The molecule has 3 unspecified atom stereocenters. The van der Waals surface area contributed by atoms with Gasteiger partial charge in [0.25, 0.3) is 0 Å². The maximum atomic E-state index is 12.6. The van der Waals surface area contributed by atoms with Crippen LogP contribution in [0.1, 0.15) is 34.1 Å². The van der Waals surface area contributed by atoms with Crippen LogP contribution in [0.15, 0.2) is 0 Å². The number of nitrogens with one attached hydrogen (secondary N) is 1. The first-order valence-electron chi connectivity index (χ1n) is 8.14. The van der Waals surface area contributed by atoms with Crippen LogP contribution in [0.2, 0.25) is 0 Å². The number of hydrogen-bond donors (Lipinski definition) is 5. The number of hydrogen-bond acceptors (Lipinski definition) is 6. The molecule has 0 aliphatic carbocycles. The molecule has 0 bridgehead atoms. The van der Waals surface area contributed by atoms with Gasteiger partial charge >= 0.3 is 0 Å². The predicted octanol–water partition coefficient (Wildman–Crippen LogP) is 1.17. The Morgan fingerprint density at radius 3 is 2.04 bits per heavy atom. The van der Waals surface area contributed by atoms with Gasteiger partial charge in [-0.1, -0.05) is 27.7 Å². The number of thiol groups is 1. The van der Waals surface area contributed by atoms with Gasteiger partial charge in [0.15, 0.2) is 0 Å². The second-order valence-corrected chi connectivity index (χ2v) is 8.54. The van der Waals surface area contributed by atoms with Gasteiger partial charge in [0.05, 0.1) is 19.8 Å². The molecule has 0 radical (unpaired) electrons. The van der Waals surface area contributed by atoms with Crippen LogP contribution in [-0.4, -0.2) is 63.3 Å². The first-order chi connectivity index (χ1) is 10.8. The number of aliphatic hydroxyl groups is 3. The van der Waals surface area contributed by atoms with Crippen molar-refractivity contribution in [2.45, 2.75) is 44.9 Å². The SMILES string of the molecule is CC(C)C(CC(C)C(C)SCCS)C(=O)NC(CO)(CO)CO. The topological polar surface area (TPSA) is 89.8 Å². The molecule has 5 nitrogen and oxygen atoms in total. The Morgan fingerprint density at radius 1 is 1.13 bits per heavy atom. The van der Waals surface area contributed by atoms with E-state index in [0.717, 1.165) is 17.9 Å². The van der Waals surface area contributed by atoms with E-state index >= 15 is 0 Å². The average molecular weight is 368 g/mol. The van der Waals surface area contributed by atoms with E-state index in [1.54, 1.807) is 0 Å². The predicted molar refractivity (Wildman–Crippen MR) is 100 cm³/mol. The van der Waals surface area contributed by atoms with Crippen LogP contribution in [0.25, 0.3) is 0 Å². The van der Waals surface area contributed by atoms with Crippen LogP contribution in [-0.2, 0) is 4.79 Å². The summed E-state index contributed by atoms with van der Waals surface area (Å²) in [7, 11) is 0. The Kier molecular flexibility index (Phi) is 11.6. The second kappa shape index (κ2) is 11.6. The largest absolute Gasteiger partial charge is 0.394 e. The number of carbonyl (C=O) groups excluding carboxylic acids is 1. The van der Waals surface area contributed by atoms with Gasteiger partial charge < -0.3 is 20.6 Å². The highest BCUT2D eigenvalue weighted by Gasteiger charge is 2.34. The number of thioether (sulfide) groups is 1. The van der Waals surface area contributed by atoms with Crippen LogP contribution < -0.4 is 5.32 Å². The van der Waals surface area contributed by atoms with Gasteiger partial charge in [0.2, 0.25) is 5.91 Å². The highest BCUT2D eigenvalue weighted by atomic mass is 32.2. The van der Waals surface area contributed by atoms with Crippen molar-refractivity contribution < 1.29 is 20.1 Å². The quantitative estimate of drug-likeness (QED) is 0.334. The minimum absolute atomic E-state index is 0.133. The average Bonchev–Trinajstić information content (AvgIpc) is 2.54. The summed E-state index contributed by atoms with van der Waals surface area (Å²) in [5.74, 6) is 1.85. The van der Waals surface area contributed by atoms with Gasteiger partial charge in [0.1, 0.15) is 5.54 Å². The number of aliphatic hydroxyl groups excluding tert-OH is 3. The van der Waals surface area contributed by atoms with Gasteiger partial charge in [-0.15, -0.1) is 0 Å². The van der Waals surface area contributed by atoms with Crippen molar-refractivity contribution in [1.29, 1.82) is 0 Å². The molecular weight excluding hydrogens is 334 g/mol. The Hall–Kier alpha value is 0.0500. The summed E-state index contributed by atoms with van der Waals surface area (Å²) in [6.45, 7) is 6.77. The molecule has 1 amide bonds. The van der Waals surface area contributed by atoms with E-state index < -0.39 is 25.4 Å². The zero-order chi connectivity index (χ0) is 18.0. The van der Waals surface area contributed by atoms with Crippen LogP contribution in [0.5, 0.6) is 0 Å². The monoisotopic (exact) mass is 367 g/mol. The Labute approximate surface area is 150 Å². The molecule has 0 saturated heterocycles. The van der Waals surface area contributed by atoms with E-state index in [4.69, 9.17) is 0 Å². The molecule has 3 atom stereocenters. The fraction of sp³-hybridized carbons (Fsp3) is 0.938. The standard InChI is InChI=1S/C16H33NO4S2/c1-11(2)14(7-12(3)13(4)23-6-5-22)15(21)17-16(8-18,9-19)10-20/h11-14,18-20,22H,5-10H2,1-4H3,(H,17,21). The van der Waals surface area contributed by atoms with E-state index in [0.29, 0.717) is 11.2 Å². The Bertz CT molecular complexity index is 330. The fourth-order valence-corrected chi connectivity index (χ4v) is 3.53. The summed E-state index contributed by atoms with van der Waals surface area (Å²) in [6.07, 6.45) is 0.725. The zero-order valence-corrected chi connectivity index (χ0v) is 16.4. The summed E-state index contributed by atoms with van der Waals surface area (Å²) in [5, 5.41) is 31.2. The molecule has 0 aromatic heterocycles. The molecule has 4 N–H and O–H groups in total. The third-order valence-electron chi connectivity index (χ3n) is 4.34. The van der Waals surface area contributed by atoms with Crippen LogP contribution in [0.3, 0.4) is 0 Å². The summed E-state index contributed by atoms with van der Waals surface area (Å²) in [5.41, 5.74) is -1.36. The van der Waals surface area contributed by atoms with E-state index in [2.05, 4.69) is 31.8 Å². The maximum absolute atomic E-state index is 12.6. The summed E-state index contributed by atoms with van der Waals surface area (Å²) in [4.78, 5) is 12.6. The van der Waals surface area contributed by atoms with E-state index in [1.165, 1.54) is 0 Å². The summed E-state index contributed by atoms with van der Waals surface area (Å²) < 4.78 is 0. The molecule has 0 aliphatic rings. The number of carbonyl (C=O) groups is 1. The van der Waals surface area contributed by atoms with Crippen molar-refractivity contribution >= 4 is 30.3 Å². The van der Waals surface area contributed by atoms with Crippen molar-refractivity contribution in [3.63, 3.8) is 0 Å². The molecular formula is C16H33NO4S2. The van der Waals surface area contributed by atoms with E-state index in [1.807, 2.05) is 25.6 Å². The fourth-order valence-electron chi connectivity index (χ4n) is 2.30. The molecule has 0 aliphatic heterocycles. The molecule has 23 heavy (non-hydrogen) atoms. The van der Waals surface area contributed by atoms with Crippen molar-refractivity contribution in [2.24, 2.45) is 17.8 Å². The van der Waals surface area contributed by atoms with E-state index in [-0.39, 0.29) is 17.7 Å². The van der Waals surface area contributed by atoms with Gasteiger partial charge in [-0.25, -0.2) is 0 Å². The third-order valence-corrected chi connectivity index (χ3v) is 6.29. The molecule has 0 heterocycles. The van der Waals surface area contributed by atoms with Crippen LogP contribution in [0, 0.1) is 17.8 Å². The molecule has 0 aromatic rings. The number of amides is 1. The minimum Gasteiger partial charge on any atom is -0.394 e. The van der Waals surface area contributed by atoms with Crippen LogP contribution in [0.4, 0.5) is 0 Å². The van der Waals surface area contributed by atoms with Crippen molar-refractivity contribution in [1.82, 2.24) is 5.32 Å². The normalized spacial score (nSPS) is 16.2. The van der Waals surface area contributed by atoms with E-state index in [9.17, 15) is 20.1 Å². The molecule has 7 heteroatoms. The van der Waals surface area contributed by atoms with Crippen molar-refractivity contribution in [3.8, 4) is 0 Å². The summed E-state index contributed by atoms with van der Waals surface area (Å²) in [6, 6.07) is 0. The molecule has 0 saturated carbocycles. The Balaban J connectivity index is 4.87. The first kappa shape index (κ1) is 23.1. The maximum Gasteiger partial charge on any atom is 0.224 e. The van der Waals surface area contributed by atoms with Gasteiger partial charge in [-0.3, -0.25) is 4.79 Å². The second-order valence-electron chi connectivity index (χ2n) is 6.61. The Morgan fingerprint density at radius 2 is 1.65 bits per heavy atom. The lowest BCUT2D eigenvalue weighted by Crippen LogP contribution is -2.58. The van der Waals surface area contributed by atoms with Crippen molar-refractivity contribution in [3.05, 3.63) is 0 Å². The molecule has 0 fully saturated rings. The molecule has 0 spiro atoms. The van der Waals surface area contributed by atoms with Gasteiger partial charge in [-0.05, 0) is 24.0 Å². The smallest absolute Gasteiger partial charge is 0.224 e. The molecule has 0 aromatic carbocycles.